The smallest absolute Gasteiger partial charge is 0.0509 e. The molecule has 3 aromatic rings. The van der Waals surface area contributed by atoms with E-state index in [2.05, 4.69) is 92.5 Å². The summed E-state index contributed by atoms with van der Waals surface area (Å²) in [5, 5.41) is 3.47. The van der Waals surface area contributed by atoms with E-state index in [4.69, 9.17) is 0 Å². The molecule has 0 aliphatic carbocycles. The van der Waals surface area contributed by atoms with Gasteiger partial charge in [-0.3, -0.25) is 0 Å². The summed E-state index contributed by atoms with van der Waals surface area (Å²) in [6, 6.07) is 20.5. The third-order valence-corrected chi connectivity index (χ3v) is 7.89. The van der Waals surface area contributed by atoms with Gasteiger partial charge in [0.2, 0.25) is 0 Å². The minimum absolute atomic E-state index is 1.05. The van der Waals surface area contributed by atoms with Crippen LogP contribution in [0.5, 0.6) is 0 Å². The van der Waals surface area contributed by atoms with Crippen LogP contribution in [0.25, 0.3) is 0 Å². The number of anilines is 1. The van der Waals surface area contributed by atoms with Crippen LogP contribution in [0, 0.1) is 27.7 Å². The van der Waals surface area contributed by atoms with E-state index in [1.165, 1.54) is 47.5 Å². The van der Waals surface area contributed by atoms with Crippen molar-refractivity contribution in [1.29, 1.82) is 0 Å². The molecule has 1 heterocycles. The van der Waals surface area contributed by atoms with Crippen molar-refractivity contribution >= 4 is 29.2 Å². The molecule has 0 radical (unpaired) electrons. The summed E-state index contributed by atoms with van der Waals surface area (Å²) in [4.78, 5) is 7.84. The standard InChI is InChI=1S/C26H30N2S2/c1-18-5-9-24(20(3)15-18)29-22-7-8-23(28-13-11-27-12-14-28)26(17-22)30-25-10-6-19(2)16-21(25)4/h5-10,15-17,27H,11-14H2,1-4H3. The summed E-state index contributed by atoms with van der Waals surface area (Å²) >= 11 is 3.76. The van der Waals surface area contributed by atoms with Crippen molar-refractivity contribution in [3.63, 3.8) is 0 Å². The summed E-state index contributed by atoms with van der Waals surface area (Å²) in [6.45, 7) is 13.0. The molecule has 3 aromatic carbocycles. The van der Waals surface area contributed by atoms with Crippen molar-refractivity contribution in [2.45, 2.75) is 47.3 Å². The van der Waals surface area contributed by atoms with E-state index in [0.29, 0.717) is 0 Å². The molecule has 0 bridgehead atoms. The normalized spacial score (nSPS) is 14.2. The SMILES string of the molecule is Cc1ccc(Sc2ccc(N3CCNCC3)c(Sc3ccc(C)cc3C)c2)c(C)c1. The Kier molecular flexibility index (Phi) is 6.77. The minimum atomic E-state index is 1.05. The topological polar surface area (TPSA) is 15.3 Å². The minimum Gasteiger partial charge on any atom is -0.368 e. The highest BCUT2D eigenvalue weighted by molar-refractivity contribution is 8.00. The van der Waals surface area contributed by atoms with Gasteiger partial charge in [0.15, 0.2) is 0 Å². The fourth-order valence-corrected chi connectivity index (χ4v) is 5.96. The fourth-order valence-electron chi connectivity index (χ4n) is 3.88. The average Bonchev–Trinajstić information content (AvgIpc) is 2.73. The number of aryl methyl sites for hydroxylation is 4. The Hall–Kier alpha value is -1.88. The van der Waals surface area contributed by atoms with E-state index in [9.17, 15) is 0 Å². The number of hydrogen-bond acceptors (Lipinski definition) is 4. The molecule has 156 valence electrons. The molecule has 1 N–H and O–H groups in total. The molecule has 0 amide bonds. The number of piperazine rings is 1. The van der Waals surface area contributed by atoms with Gasteiger partial charge in [0.25, 0.3) is 0 Å². The predicted molar refractivity (Wildman–Crippen MR) is 132 cm³/mol. The molecule has 4 heteroatoms. The molecular weight excluding hydrogens is 404 g/mol. The van der Waals surface area contributed by atoms with Gasteiger partial charge < -0.3 is 10.2 Å². The van der Waals surface area contributed by atoms with Crippen LogP contribution in [0.1, 0.15) is 22.3 Å². The van der Waals surface area contributed by atoms with Crippen LogP contribution in [-0.2, 0) is 0 Å². The highest BCUT2D eigenvalue weighted by Crippen LogP contribution is 2.41. The second-order valence-electron chi connectivity index (χ2n) is 8.11. The van der Waals surface area contributed by atoms with E-state index in [-0.39, 0.29) is 0 Å². The van der Waals surface area contributed by atoms with Crippen LogP contribution in [0.4, 0.5) is 5.69 Å². The van der Waals surface area contributed by atoms with Gasteiger partial charge in [-0.15, -0.1) is 0 Å². The van der Waals surface area contributed by atoms with Gasteiger partial charge in [-0.1, -0.05) is 58.9 Å². The van der Waals surface area contributed by atoms with E-state index >= 15 is 0 Å². The summed E-state index contributed by atoms with van der Waals surface area (Å²) in [6.07, 6.45) is 0. The van der Waals surface area contributed by atoms with E-state index < -0.39 is 0 Å². The van der Waals surface area contributed by atoms with Crippen LogP contribution < -0.4 is 10.2 Å². The summed E-state index contributed by atoms with van der Waals surface area (Å²) < 4.78 is 0. The van der Waals surface area contributed by atoms with E-state index in [0.717, 1.165) is 26.2 Å². The molecule has 0 spiro atoms. The third-order valence-electron chi connectivity index (χ3n) is 5.50. The molecule has 2 nitrogen and oxygen atoms in total. The lowest BCUT2D eigenvalue weighted by Crippen LogP contribution is -2.43. The van der Waals surface area contributed by atoms with Crippen molar-refractivity contribution < 1.29 is 0 Å². The maximum absolute atomic E-state index is 3.47. The fraction of sp³-hybridized carbons (Fsp3) is 0.308. The zero-order chi connectivity index (χ0) is 21.1. The average molecular weight is 435 g/mol. The predicted octanol–water partition coefficient (Wildman–Crippen LogP) is 6.63. The number of rotatable bonds is 5. The molecule has 0 unspecified atom stereocenters. The van der Waals surface area contributed by atoms with Gasteiger partial charge in [-0.2, -0.15) is 0 Å². The lowest BCUT2D eigenvalue weighted by molar-refractivity contribution is 0.586. The van der Waals surface area contributed by atoms with Gasteiger partial charge in [0.05, 0.1) is 5.69 Å². The Morgan fingerprint density at radius 3 is 1.87 bits per heavy atom. The van der Waals surface area contributed by atoms with Crippen LogP contribution in [-0.4, -0.2) is 26.2 Å². The molecule has 30 heavy (non-hydrogen) atoms. The molecule has 1 saturated heterocycles. The molecule has 4 rings (SSSR count). The molecule has 0 aromatic heterocycles. The zero-order valence-corrected chi connectivity index (χ0v) is 19.9. The Morgan fingerprint density at radius 1 is 0.667 bits per heavy atom. The number of nitrogens with one attached hydrogen (secondary N) is 1. The Morgan fingerprint density at radius 2 is 1.27 bits per heavy atom. The van der Waals surface area contributed by atoms with Gasteiger partial charge in [-0.05, 0) is 69.2 Å². The number of benzene rings is 3. The Bertz CT molecular complexity index is 1040. The number of nitrogens with zero attached hydrogens (tertiary/aromatic N) is 1. The lowest BCUT2D eigenvalue weighted by atomic mass is 10.2. The van der Waals surface area contributed by atoms with E-state index in [1.54, 1.807) is 0 Å². The highest BCUT2D eigenvalue weighted by Gasteiger charge is 2.17. The van der Waals surface area contributed by atoms with Crippen molar-refractivity contribution in [3.8, 4) is 0 Å². The first kappa shape index (κ1) is 21.4. The Labute approximate surface area is 189 Å². The highest BCUT2D eigenvalue weighted by atomic mass is 32.2. The molecule has 0 saturated carbocycles. The maximum Gasteiger partial charge on any atom is 0.0509 e. The van der Waals surface area contributed by atoms with Gasteiger partial charge in [0.1, 0.15) is 0 Å². The third kappa shape index (κ3) is 5.05. The first-order valence-electron chi connectivity index (χ1n) is 10.6. The van der Waals surface area contributed by atoms with Crippen LogP contribution in [0.3, 0.4) is 0 Å². The van der Waals surface area contributed by atoms with Crippen LogP contribution in [0.2, 0.25) is 0 Å². The second kappa shape index (κ2) is 9.51. The molecule has 1 fully saturated rings. The largest absolute Gasteiger partial charge is 0.368 e. The molecular formula is C26H30N2S2. The van der Waals surface area contributed by atoms with Crippen molar-refractivity contribution in [1.82, 2.24) is 5.32 Å². The summed E-state index contributed by atoms with van der Waals surface area (Å²) in [5.41, 5.74) is 6.68. The molecule has 0 atom stereocenters. The van der Waals surface area contributed by atoms with E-state index in [1.807, 2.05) is 23.5 Å². The van der Waals surface area contributed by atoms with Gasteiger partial charge in [0, 0.05) is 45.8 Å². The van der Waals surface area contributed by atoms with Gasteiger partial charge in [-0.25, -0.2) is 0 Å². The number of hydrogen-bond donors (Lipinski definition) is 1. The van der Waals surface area contributed by atoms with Crippen molar-refractivity contribution in [3.05, 3.63) is 76.9 Å². The quantitative estimate of drug-likeness (QED) is 0.484. The second-order valence-corrected chi connectivity index (χ2v) is 10.3. The molecule has 1 aliphatic rings. The molecule has 1 aliphatic heterocycles. The first-order chi connectivity index (χ1) is 14.5. The Balaban J connectivity index is 1.68. The first-order valence-corrected chi connectivity index (χ1v) is 12.2. The van der Waals surface area contributed by atoms with Gasteiger partial charge >= 0.3 is 0 Å². The monoisotopic (exact) mass is 434 g/mol. The van der Waals surface area contributed by atoms with Crippen LogP contribution >= 0.6 is 23.5 Å². The lowest BCUT2D eigenvalue weighted by Gasteiger charge is -2.31. The van der Waals surface area contributed by atoms with Crippen molar-refractivity contribution in [2.24, 2.45) is 0 Å². The zero-order valence-electron chi connectivity index (χ0n) is 18.3. The maximum atomic E-state index is 3.47. The van der Waals surface area contributed by atoms with Crippen LogP contribution in [0.15, 0.2) is 74.2 Å². The summed E-state index contributed by atoms with van der Waals surface area (Å²) in [5.74, 6) is 0. The van der Waals surface area contributed by atoms with Crippen molar-refractivity contribution in [2.75, 3.05) is 31.1 Å². The summed E-state index contributed by atoms with van der Waals surface area (Å²) in [7, 11) is 0.